The minimum Gasteiger partial charge on any atom is -0.497 e. The highest BCUT2D eigenvalue weighted by Crippen LogP contribution is 2.48. The fraction of sp³-hybridized carbons (Fsp3) is 0.367. The number of rotatable bonds is 8. The van der Waals surface area contributed by atoms with Crippen molar-refractivity contribution in [2.24, 2.45) is 5.92 Å². The van der Waals surface area contributed by atoms with Crippen LogP contribution in [0.15, 0.2) is 66.7 Å². The fourth-order valence-electron chi connectivity index (χ4n) is 5.54. The van der Waals surface area contributed by atoms with Crippen LogP contribution in [0.2, 0.25) is 0 Å². The molecule has 0 radical (unpaired) electrons. The summed E-state index contributed by atoms with van der Waals surface area (Å²) in [4.78, 5) is 14.4. The Bertz CT molecular complexity index is 1240. The Balaban J connectivity index is 1.38. The Morgan fingerprint density at radius 1 is 1.03 bits per heavy atom. The number of benzene rings is 3. The maximum Gasteiger partial charge on any atom is 0.401 e. The van der Waals surface area contributed by atoms with Gasteiger partial charge in [-0.2, -0.15) is 13.2 Å². The molecule has 1 saturated carbocycles. The first-order valence-corrected chi connectivity index (χ1v) is 12.5. The van der Waals surface area contributed by atoms with Crippen molar-refractivity contribution in [3.63, 3.8) is 0 Å². The van der Waals surface area contributed by atoms with E-state index in [4.69, 9.17) is 4.74 Å². The number of hydrogen-bond donors (Lipinski definition) is 0. The number of nitrogens with zero attached hydrogens (tertiary/aromatic N) is 1. The third-order valence-corrected chi connectivity index (χ3v) is 7.44. The summed E-state index contributed by atoms with van der Waals surface area (Å²) in [5.41, 5.74) is 6.22. The van der Waals surface area contributed by atoms with E-state index < -0.39 is 12.7 Å². The average Bonchev–Trinajstić information content (AvgIpc) is 3.68. The zero-order valence-corrected chi connectivity index (χ0v) is 20.4. The topological polar surface area (TPSA) is 29.5 Å². The number of fused-ring (bicyclic) bond motifs is 1. The van der Waals surface area contributed by atoms with Gasteiger partial charge in [0.05, 0.1) is 13.7 Å². The van der Waals surface area contributed by atoms with Gasteiger partial charge in [0.25, 0.3) is 0 Å². The highest BCUT2D eigenvalue weighted by Gasteiger charge is 2.43. The summed E-state index contributed by atoms with van der Waals surface area (Å²) < 4.78 is 44.9. The van der Waals surface area contributed by atoms with E-state index in [1.54, 1.807) is 7.11 Å². The summed E-state index contributed by atoms with van der Waals surface area (Å²) in [6, 6.07) is 21.9. The molecule has 0 spiro atoms. The Hall–Kier alpha value is -3.12. The maximum atomic E-state index is 13.2. The van der Waals surface area contributed by atoms with Gasteiger partial charge in [0.1, 0.15) is 11.5 Å². The Morgan fingerprint density at radius 3 is 2.58 bits per heavy atom. The zero-order chi connectivity index (χ0) is 25.3. The number of carbonyl (C=O) groups is 1. The molecule has 1 aliphatic heterocycles. The number of ether oxygens (including phenoxy) is 1. The second kappa shape index (κ2) is 10.1. The van der Waals surface area contributed by atoms with Gasteiger partial charge in [0, 0.05) is 25.4 Å². The van der Waals surface area contributed by atoms with Gasteiger partial charge >= 0.3 is 6.18 Å². The third kappa shape index (κ3) is 5.49. The molecule has 2 atom stereocenters. The predicted molar refractivity (Wildman–Crippen MR) is 134 cm³/mol. The monoisotopic (exact) mass is 493 g/mol. The molecule has 1 fully saturated rings. The van der Waals surface area contributed by atoms with Crippen molar-refractivity contribution in [1.82, 2.24) is 4.90 Å². The fourth-order valence-corrected chi connectivity index (χ4v) is 5.54. The molecule has 0 bridgehead atoms. The van der Waals surface area contributed by atoms with E-state index in [0.717, 1.165) is 40.0 Å². The summed E-state index contributed by atoms with van der Waals surface area (Å²) in [7, 11) is 1.62. The largest absolute Gasteiger partial charge is 0.497 e. The van der Waals surface area contributed by atoms with E-state index in [1.165, 1.54) is 10.5 Å². The third-order valence-electron chi connectivity index (χ3n) is 7.44. The molecule has 0 aromatic heterocycles. The minimum atomic E-state index is -4.24. The van der Waals surface area contributed by atoms with Crippen LogP contribution in [0, 0.1) is 5.92 Å². The second-order valence-electron chi connectivity index (χ2n) is 9.86. The lowest BCUT2D eigenvalue weighted by Crippen LogP contribution is -2.38. The summed E-state index contributed by atoms with van der Waals surface area (Å²) >= 11 is 0. The molecule has 36 heavy (non-hydrogen) atoms. The summed E-state index contributed by atoms with van der Waals surface area (Å²) in [5.74, 6) is 1.34. The minimum absolute atomic E-state index is 0.0565. The number of hydrogen-bond acceptors (Lipinski definition) is 3. The van der Waals surface area contributed by atoms with Gasteiger partial charge in [-0.25, -0.2) is 0 Å². The van der Waals surface area contributed by atoms with Crippen molar-refractivity contribution in [2.75, 3.05) is 20.2 Å². The number of aryl methyl sites for hydroxylation is 1. The SMILES string of the molecule is COc1cccc(-c2ccc(CCC(=O)C3CC3c3ccccc3)c3c2CCN(CC(F)(F)F)C3)c1. The molecule has 3 nitrogen and oxygen atoms in total. The molecule has 3 aromatic rings. The van der Waals surface area contributed by atoms with Crippen molar-refractivity contribution >= 4 is 5.78 Å². The summed E-state index contributed by atoms with van der Waals surface area (Å²) in [5, 5.41) is 0. The van der Waals surface area contributed by atoms with Crippen LogP contribution in [-0.4, -0.2) is 37.1 Å². The van der Waals surface area contributed by atoms with Gasteiger partial charge in [0.15, 0.2) is 0 Å². The molecule has 0 N–H and O–H groups in total. The van der Waals surface area contributed by atoms with Crippen LogP contribution in [0.3, 0.4) is 0 Å². The molecule has 1 aliphatic carbocycles. The summed E-state index contributed by atoms with van der Waals surface area (Å²) in [6.07, 6.45) is -1.85. The highest BCUT2D eigenvalue weighted by atomic mass is 19.4. The van der Waals surface area contributed by atoms with E-state index in [1.807, 2.05) is 48.5 Å². The molecular formula is C30H30F3NO2. The second-order valence-corrected chi connectivity index (χ2v) is 9.86. The number of Topliss-reactive ketones (excluding diaryl/α,β-unsaturated/α-hetero) is 1. The van der Waals surface area contributed by atoms with Gasteiger partial charge < -0.3 is 4.74 Å². The first kappa shape index (κ1) is 24.6. The average molecular weight is 494 g/mol. The molecule has 1 heterocycles. The first-order chi connectivity index (χ1) is 17.3. The quantitative estimate of drug-likeness (QED) is 0.355. The molecule has 5 rings (SSSR count). The van der Waals surface area contributed by atoms with Crippen LogP contribution in [0.1, 0.15) is 41.0 Å². The Morgan fingerprint density at radius 2 is 1.83 bits per heavy atom. The van der Waals surface area contributed by atoms with Crippen molar-refractivity contribution in [3.8, 4) is 16.9 Å². The predicted octanol–water partition coefficient (Wildman–Crippen LogP) is 6.59. The molecule has 3 aromatic carbocycles. The van der Waals surface area contributed by atoms with Gasteiger partial charge in [-0.3, -0.25) is 9.69 Å². The van der Waals surface area contributed by atoms with Gasteiger partial charge in [0.2, 0.25) is 0 Å². The number of carbonyl (C=O) groups excluding carboxylic acids is 1. The Labute approximate surface area is 209 Å². The van der Waals surface area contributed by atoms with E-state index in [2.05, 4.69) is 18.2 Å². The summed E-state index contributed by atoms with van der Waals surface area (Å²) in [6.45, 7) is -0.325. The number of methoxy groups -OCH3 is 1. The standard InChI is InChI=1S/C30H30F3NO2/c1-36-23-9-5-8-22(16-23)24-12-10-21(28-18-34(15-14-25(24)28)19-30(31,32)33)11-13-29(35)27-17-26(27)20-6-3-2-4-7-20/h2-10,12,16,26-27H,11,13-15,17-19H2,1H3. The van der Waals surface area contributed by atoms with E-state index in [0.29, 0.717) is 31.7 Å². The number of alkyl halides is 3. The van der Waals surface area contributed by atoms with E-state index in [-0.39, 0.29) is 18.2 Å². The van der Waals surface area contributed by atoms with Crippen LogP contribution in [0.5, 0.6) is 5.75 Å². The Kier molecular flexibility index (Phi) is 6.89. The van der Waals surface area contributed by atoms with Crippen molar-refractivity contribution in [1.29, 1.82) is 0 Å². The van der Waals surface area contributed by atoms with E-state index >= 15 is 0 Å². The van der Waals surface area contributed by atoms with E-state index in [9.17, 15) is 18.0 Å². The van der Waals surface area contributed by atoms with Gasteiger partial charge in [-0.15, -0.1) is 0 Å². The number of halogens is 3. The lowest BCUT2D eigenvalue weighted by molar-refractivity contribution is -0.147. The van der Waals surface area contributed by atoms with Gasteiger partial charge in [-0.1, -0.05) is 54.6 Å². The lowest BCUT2D eigenvalue weighted by Gasteiger charge is -2.32. The van der Waals surface area contributed by atoms with Crippen molar-refractivity contribution < 1.29 is 22.7 Å². The van der Waals surface area contributed by atoms with Crippen molar-refractivity contribution in [3.05, 3.63) is 89.0 Å². The van der Waals surface area contributed by atoms with Crippen molar-refractivity contribution in [2.45, 2.75) is 44.3 Å². The lowest BCUT2D eigenvalue weighted by atomic mass is 9.86. The van der Waals surface area contributed by atoms with Gasteiger partial charge in [-0.05, 0) is 70.7 Å². The zero-order valence-electron chi connectivity index (χ0n) is 20.4. The van der Waals surface area contributed by atoms with Crippen LogP contribution >= 0.6 is 0 Å². The molecule has 0 saturated heterocycles. The smallest absolute Gasteiger partial charge is 0.401 e. The molecule has 2 aliphatic rings. The molecule has 0 amide bonds. The highest BCUT2D eigenvalue weighted by molar-refractivity contribution is 5.85. The van der Waals surface area contributed by atoms with Crippen LogP contribution < -0.4 is 4.74 Å². The first-order valence-electron chi connectivity index (χ1n) is 12.5. The van der Waals surface area contributed by atoms with Crippen LogP contribution in [0.4, 0.5) is 13.2 Å². The normalized spacial score (nSPS) is 19.6. The molecule has 2 unspecified atom stereocenters. The molecular weight excluding hydrogens is 463 g/mol. The number of ketones is 1. The van der Waals surface area contributed by atoms with Crippen LogP contribution in [-0.2, 0) is 24.2 Å². The molecule has 188 valence electrons. The molecule has 6 heteroatoms. The maximum absolute atomic E-state index is 13.2. The van der Waals surface area contributed by atoms with Crippen LogP contribution in [0.25, 0.3) is 11.1 Å².